The van der Waals surface area contributed by atoms with Gasteiger partial charge in [0.1, 0.15) is 0 Å². The standard InChI is InChI=1S/C19H30N2O3S/c1-4-21(5-2)25(23,24)17-12-11-16(3)18(15-17)19(22)20-13-9-7-6-8-10-14-20/h11-12,15H,4-10,13-14H2,1-3H3. The molecule has 0 aliphatic carbocycles. The Balaban J connectivity index is 2.33. The summed E-state index contributed by atoms with van der Waals surface area (Å²) in [7, 11) is -3.56. The van der Waals surface area contributed by atoms with Crippen LogP contribution in [0.2, 0.25) is 0 Å². The molecule has 1 aliphatic rings. The molecule has 25 heavy (non-hydrogen) atoms. The van der Waals surface area contributed by atoms with E-state index in [0.717, 1.165) is 44.3 Å². The van der Waals surface area contributed by atoms with Crippen molar-refractivity contribution in [2.45, 2.75) is 57.8 Å². The molecular formula is C19H30N2O3S. The Labute approximate surface area is 152 Å². The lowest BCUT2D eigenvalue weighted by atomic mass is 10.0. The summed E-state index contributed by atoms with van der Waals surface area (Å²) in [5.41, 5.74) is 1.33. The Morgan fingerprint density at radius 3 is 2.16 bits per heavy atom. The van der Waals surface area contributed by atoms with E-state index in [0.29, 0.717) is 18.7 Å². The first-order valence-electron chi connectivity index (χ1n) is 9.31. The van der Waals surface area contributed by atoms with E-state index < -0.39 is 10.0 Å². The molecule has 1 saturated heterocycles. The molecule has 1 aromatic rings. The number of carbonyl (C=O) groups is 1. The highest BCUT2D eigenvalue weighted by Crippen LogP contribution is 2.22. The van der Waals surface area contributed by atoms with E-state index in [1.807, 2.05) is 25.7 Å². The van der Waals surface area contributed by atoms with Crippen LogP contribution in [0, 0.1) is 6.92 Å². The number of rotatable bonds is 5. The van der Waals surface area contributed by atoms with Crippen LogP contribution < -0.4 is 0 Å². The van der Waals surface area contributed by atoms with E-state index in [2.05, 4.69) is 0 Å². The molecule has 5 nitrogen and oxygen atoms in total. The van der Waals surface area contributed by atoms with Gasteiger partial charge in [0, 0.05) is 31.7 Å². The fraction of sp³-hybridized carbons (Fsp3) is 0.632. The molecule has 6 heteroatoms. The Hall–Kier alpha value is -1.40. The van der Waals surface area contributed by atoms with Crippen LogP contribution in [0.25, 0.3) is 0 Å². The second-order valence-corrected chi connectivity index (χ2v) is 8.56. The molecule has 0 N–H and O–H groups in total. The van der Waals surface area contributed by atoms with Gasteiger partial charge in [-0.1, -0.05) is 39.2 Å². The van der Waals surface area contributed by atoms with E-state index in [4.69, 9.17) is 0 Å². The predicted molar refractivity (Wildman–Crippen MR) is 100 cm³/mol. The molecule has 2 rings (SSSR count). The summed E-state index contributed by atoms with van der Waals surface area (Å²) in [6, 6.07) is 4.91. The number of aryl methyl sites for hydroxylation is 1. The second kappa shape index (κ2) is 8.81. The van der Waals surface area contributed by atoms with Crippen LogP contribution in [-0.2, 0) is 10.0 Å². The van der Waals surface area contributed by atoms with Gasteiger partial charge in [-0.15, -0.1) is 0 Å². The van der Waals surface area contributed by atoms with Crippen molar-refractivity contribution >= 4 is 15.9 Å². The predicted octanol–water partition coefficient (Wildman–Crippen LogP) is 3.43. The van der Waals surface area contributed by atoms with Gasteiger partial charge in [-0.05, 0) is 37.5 Å². The quantitative estimate of drug-likeness (QED) is 0.802. The van der Waals surface area contributed by atoms with E-state index in [1.165, 1.54) is 10.7 Å². The third-order valence-corrected chi connectivity index (χ3v) is 6.97. The minimum Gasteiger partial charge on any atom is -0.339 e. The van der Waals surface area contributed by atoms with Crippen molar-refractivity contribution < 1.29 is 13.2 Å². The molecule has 0 atom stereocenters. The van der Waals surface area contributed by atoms with Crippen molar-refractivity contribution in [2.75, 3.05) is 26.2 Å². The zero-order valence-corrected chi connectivity index (χ0v) is 16.4. The molecule has 1 fully saturated rings. The number of hydrogen-bond acceptors (Lipinski definition) is 3. The number of nitrogens with zero attached hydrogens (tertiary/aromatic N) is 2. The highest BCUT2D eigenvalue weighted by Gasteiger charge is 2.25. The van der Waals surface area contributed by atoms with Crippen LogP contribution in [0.1, 0.15) is 61.9 Å². The van der Waals surface area contributed by atoms with Gasteiger partial charge < -0.3 is 4.90 Å². The molecule has 0 spiro atoms. The summed E-state index contributed by atoms with van der Waals surface area (Å²) in [5.74, 6) is -0.0454. The van der Waals surface area contributed by atoms with Gasteiger partial charge in [-0.2, -0.15) is 4.31 Å². The summed E-state index contributed by atoms with van der Waals surface area (Å²) < 4.78 is 26.9. The van der Waals surface area contributed by atoms with Gasteiger partial charge in [0.2, 0.25) is 10.0 Å². The summed E-state index contributed by atoms with van der Waals surface area (Å²) in [6.07, 6.45) is 5.57. The number of sulfonamides is 1. The topological polar surface area (TPSA) is 57.7 Å². The molecule has 1 aromatic carbocycles. The van der Waals surface area contributed by atoms with Gasteiger partial charge in [-0.25, -0.2) is 8.42 Å². The Kier molecular flexibility index (Phi) is 7.02. The Morgan fingerprint density at radius 2 is 1.60 bits per heavy atom. The molecule has 1 heterocycles. The molecule has 0 aromatic heterocycles. The molecule has 1 aliphatic heterocycles. The highest BCUT2D eigenvalue weighted by atomic mass is 32.2. The lowest BCUT2D eigenvalue weighted by molar-refractivity contribution is 0.0741. The van der Waals surface area contributed by atoms with E-state index in [1.54, 1.807) is 18.2 Å². The van der Waals surface area contributed by atoms with Gasteiger partial charge >= 0.3 is 0 Å². The molecular weight excluding hydrogens is 336 g/mol. The van der Waals surface area contributed by atoms with E-state index in [-0.39, 0.29) is 10.8 Å². The minimum atomic E-state index is -3.56. The van der Waals surface area contributed by atoms with Crippen molar-refractivity contribution in [2.24, 2.45) is 0 Å². The van der Waals surface area contributed by atoms with Crippen LogP contribution in [0.15, 0.2) is 23.1 Å². The SMILES string of the molecule is CCN(CC)S(=O)(=O)c1ccc(C)c(C(=O)N2CCCCCCC2)c1. The molecule has 1 amide bonds. The van der Waals surface area contributed by atoms with Crippen molar-refractivity contribution in [1.82, 2.24) is 9.21 Å². The van der Waals surface area contributed by atoms with E-state index in [9.17, 15) is 13.2 Å². The van der Waals surface area contributed by atoms with Crippen molar-refractivity contribution in [3.05, 3.63) is 29.3 Å². The maximum Gasteiger partial charge on any atom is 0.254 e. The first-order chi connectivity index (χ1) is 11.9. The first kappa shape index (κ1) is 19.9. The maximum absolute atomic E-state index is 13.0. The van der Waals surface area contributed by atoms with Gasteiger partial charge in [-0.3, -0.25) is 4.79 Å². The van der Waals surface area contributed by atoms with Crippen molar-refractivity contribution in [3.8, 4) is 0 Å². The molecule has 140 valence electrons. The number of benzene rings is 1. The number of amides is 1. The lowest BCUT2D eigenvalue weighted by Crippen LogP contribution is -2.35. The average molecular weight is 367 g/mol. The summed E-state index contributed by atoms with van der Waals surface area (Å²) in [4.78, 5) is 15.1. The monoisotopic (exact) mass is 366 g/mol. The fourth-order valence-electron chi connectivity index (χ4n) is 3.33. The Bertz CT molecular complexity index is 689. The first-order valence-corrected chi connectivity index (χ1v) is 10.8. The van der Waals surface area contributed by atoms with Crippen LogP contribution >= 0.6 is 0 Å². The summed E-state index contributed by atoms with van der Waals surface area (Å²) in [5, 5.41) is 0. The van der Waals surface area contributed by atoms with Crippen molar-refractivity contribution in [1.29, 1.82) is 0 Å². The molecule has 0 saturated carbocycles. The zero-order valence-electron chi connectivity index (χ0n) is 15.6. The Morgan fingerprint density at radius 1 is 1.04 bits per heavy atom. The normalized spacial score (nSPS) is 16.6. The van der Waals surface area contributed by atoms with Crippen LogP contribution in [0.4, 0.5) is 0 Å². The fourth-order valence-corrected chi connectivity index (χ4v) is 4.81. The van der Waals surface area contributed by atoms with Gasteiger partial charge in [0.15, 0.2) is 0 Å². The van der Waals surface area contributed by atoms with Crippen LogP contribution in [0.5, 0.6) is 0 Å². The molecule has 0 radical (unpaired) electrons. The third kappa shape index (κ3) is 4.61. The molecule has 0 bridgehead atoms. The summed E-state index contributed by atoms with van der Waals surface area (Å²) in [6.45, 7) is 7.86. The number of likely N-dealkylation sites (tertiary alicyclic amines) is 1. The maximum atomic E-state index is 13.0. The van der Waals surface area contributed by atoms with E-state index >= 15 is 0 Å². The average Bonchev–Trinajstić information content (AvgIpc) is 2.55. The van der Waals surface area contributed by atoms with Gasteiger partial charge in [0.25, 0.3) is 5.91 Å². The van der Waals surface area contributed by atoms with Crippen LogP contribution in [-0.4, -0.2) is 49.7 Å². The zero-order chi connectivity index (χ0) is 18.4. The number of carbonyl (C=O) groups excluding carboxylic acids is 1. The van der Waals surface area contributed by atoms with Gasteiger partial charge in [0.05, 0.1) is 4.90 Å². The molecule has 0 unspecified atom stereocenters. The highest BCUT2D eigenvalue weighted by molar-refractivity contribution is 7.89. The van der Waals surface area contributed by atoms with Crippen molar-refractivity contribution in [3.63, 3.8) is 0 Å². The summed E-state index contributed by atoms with van der Waals surface area (Å²) >= 11 is 0. The largest absolute Gasteiger partial charge is 0.339 e. The second-order valence-electron chi connectivity index (χ2n) is 6.63. The van der Waals surface area contributed by atoms with Crippen LogP contribution in [0.3, 0.4) is 0 Å². The lowest BCUT2D eigenvalue weighted by Gasteiger charge is -2.26. The third-order valence-electron chi connectivity index (χ3n) is 4.93. The smallest absolute Gasteiger partial charge is 0.254 e. The minimum absolute atomic E-state index is 0.0454. The number of hydrogen-bond donors (Lipinski definition) is 0.